The van der Waals surface area contributed by atoms with Gasteiger partial charge in [0.25, 0.3) is 0 Å². The Kier molecular flexibility index (Phi) is 29.6. The molecule has 4 nitrogen and oxygen atoms in total. The summed E-state index contributed by atoms with van der Waals surface area (Å²) in [6, 6.07) is 0. The van der Waals surface area contributed by atoms with Crippen LogP contribution in [0.5, 0.6) is 0 Å². The molecule has 20 heavy (non-hydrogen) atoms. The average Bonchev–Trinajstić information content (AvgIpc) is 2.47. The SMILES string of the molecule is OCCSCCSCCO.OCCSCCSCCO. The average molecular weight is 365 g/mol. The third kappa shape index (κ3) is 27.6. The Hall–Kier alpha value is 1.24. The van der Waals surface area contributed by atoms with Crippen molar-refractivity contribution in [2.45, 2.75) is 0 Å². The van der Waals surface area contributed by atoms with E-state index in [2.05, 4.69) is 0 Å². The molecular weight excluding hydrogens is 336 g/mol. The summed E-state index contributed by atoms with van der Waals surface area (Å²) in [5.74, 6) is 7.63. The zero-order chi connectivity index (χ0) is 15.3. The van der Waals surface area contributed by atoms with Gasteiger partial charge in [0.2, 0.25) is 0 Å². The summed E-state index contributed by atoms with van der Waals surface area (Å²) in [4.78, 5) is 0. The summed E-state index contributed by atoms with van der Waals surface area (Å²) in [5.41, 5.74) is 0. The Morgan fingerprint density at radius 1 is 0.350 bits per heavy atom. The van der Waals surface area contributed by atoms with Crippen molar-refractivity contribution in [2.75, 3.05) is 72.5 Å². The van der Waals surface area contributed by atoms with E-state index in [4.69, 9.17) is 20.4 Å². The normalized spacial score (nSPS) is 10.2. The van der Waals surface area contributed by atoms with Crippen LogP contribution in [0.2, 0.25) is 0 Å². The van der Waals surface area contributed by atoms with Crippen LogP contribution in [0.4, 0.5) is 0 Å². The second-order valence-corrected chi connectivity index (χ2v) is 8.24. The first-order chi connectivity index (χ1) is 9.83. The lowest BCUT2D eigenvalue weighted by molar-refractivity contribution is 0.322. The van der Waals surface area contributed by atoms with E-state index in [-0.39, 0.29) is 26.4 Å². The maximum absolute atomic E-state index is 8.40. The summed E-state index contributed by atoms with van der Waals surface area (Å²) < 4.78 is 0. The molecule has 0 amide bonds. The maximum Gasteiger partial charge on any atom is 0.0521 e. The summed E-state index contributed by atoms with van der Waals surface area (Å²) in [6.45, 7) is 1.09. The molecule has 0 aliphatic heterocycles. The van der Waals surface area contributed by atoms with Crippen LogP contribution in [0.3, 0.4) is 0 Å². The van der Waals surface area contributed by atoms with Crippen molar-refractivity contribution < 1.29 is 20.4 Å². The molecule has 0 radical (unpaired) electrons. The van der Waals surface area contributed by atoms with Crippen LogP contribution in [-0.2, 0) is 0 Å². The standard InChI is InChI=1S/2C6H14O2S2/c2*7-1-3-9-5-6-10-4-2-8/h2*7-8H,1-6H2. The molecule has 0 saturated heterocycles. The molecule has 0 saturated carbocycles. The van der Waals surface area contributed by atoms with Gasteiger partial charge in [-0.1, -0.05) is 0 Å². The van der Waals surface area contributed by atoms with Crippen molar-refractivity contribution in [1.29, 1.82) is 0 Å². The highest BCUT2D eigenvalue weighted by atomic mass is 32.2. The minimum absolute atomic E-state index is 0.273. The fourth-order valence-corrected chi connectivity index (χ4v) is 4.12. The number of hydrogen-bond donors (Lipinski definition) is 4. The molecule has 0 aliphatic rings. The predicted octanol–water partition coefficient (Wildman–Crippen LogP) is 0.875. The van der Waals surface area contributed by atoms with Gasteiger partial charge in [-0.05, 0) is 0 Å². The van der Waals surface area contributed by atoms with Gasteiger partial charge in [0.05, 0.1) is 26.4 Å². The Morgan fingerprint density at radius 3 is 0.700 bits per heavy atom. The quantitative estimate of drug-likeness (QED) is 0.338. The van der Waals surface area contributed by atoms with Gasteiger partial charge >= 0.3 is 0 Å². The van der Waals surface area contributed by atoms with E-state index in [9.17, 15) is 0 Å². The molecule has 0 spiro atoms. The molecule has 0 aliphatic carbocycles. The van der Waals surface area contributed by atoms with E-state index in [1.165, 1.54) is 0 Å². The fraction of sp³-hybridized carbons (Fsp3) is 1.00. The van der Waals surface area contributed by atoms with Crippen molar-refractivity contribution in [3.63, 3.8) is 0 Å². The van der Waals surface area contributed by atoms with Gasteiger partial charge in [-0.15, -0.1) is 0 Å². The van der Waals surface area contributed by atoms with Gasteiger partial charge in [0, 0.05) is 46.0 Å². The minimum Gasteiger partial charge on any atom is -0.396 e. The third-order valence-corrected chi connectivity index (χ3v) is 6.06. The van der Waals surface area contributed by atoms with E-state index in [1.54, 1.807) is 47.0 Å². The van der Waals surface area contributed by atoms with Crippen molar-refractivity contribution in [2.24, 2.45) is 0 Å². The second-order valence-electron chi connectivity index (χ2n) is 3.34. The van der Waals surface area contributed by atoms with E-state index < -0.39 is 0 Å². The maximum atomic E-state index is 8.40. The van der Waals surface area contributed by atoms with E-state index in [0.717, 1.165) is 46.0 Å². The molecule has 0 bridgehead atoms. The monoisotopic (exact) mass is 364 g/mol. The predicted molar refractivity (Wildman–Crippen MR) is 97.6 cm³/mol. The zero-order valence-electron chi connectivity index (χ0n) is 11.9. The number of aliphatic hydroxyl groups is 4. The first-order valence-corrected chi connectivity index (χ1v) is 11.2. The second kappa shape index (κ2) is 25.2. The smallest absolute Gasteiger partial charge is 0.0521 e. The molecule has 0 unspecified atom stereocenters. The lowest BCUT2D eigenvalue weighted by Gasteiger charge is -1.97. The van der Waals surface area contributed by atoms with E-state index in [1.807, 2.05) is 0 Å². The lowest BCUT2D eigenvalue weighted by atomic mass is 10.9. The Bertz CT molecular complexity index is 123. The van der Waals surface area contributed by atoms with Crippen LogP contribution in [0.1, 0.15) is 0 Å². The van der Waals surface area contributed by atoms with Crippen LogP contribution in [-0.4, -0.2) is 92.9 Å². The first kappa shape index (κ1) is 23.5. The summed E-state index contributed by atoms with van der Waals surface area (Å²) in [6.07, 6.45) is 0. The van der Waals surface area contributed by atoms with Gasteiger partial charge < -0.3 is 20.4 Å². The van der Waals surface area contributed by atoms with Crippen molar-refractivity contribution in [3.05, 3.63) is 0 Å². The van der Waals surface area contributed by atoms with Crippen LogP contribution < -0.4 is 0 Å². The van der Waals surface area contributed by atoms with Crippen LogP contribution in [0.15, 0.2) is 0 Å². The molecule has 0 aromatic rings. The largest absolute Gasteiger partial charge is 0.396 e. The molecular formula is C12H28O4S4. The molecule has 0 aromatic carbocycles. The third-order valence-electron chi connectivity index (χ3n) is 1.69. The number of hydrogen-bond acceptors (Lipinski definition) is 8. The summed E-state index contributed by atoms with van der Waals surface area (Å²) in [5, 5.41) is 33.6. The van der Waals surface area contributed by atoms with Gasteiger partial charge in [-0.2, -0.15) is 47.0 Å². The van der Waals surface area contributed by atoms with Crippen molar-refractivity contribution in [1.82, 2.24) is 0 Å². The highest BCUT2D eigenvalue weighted by molar-refractivity contribution is 8.03. The zero-order valence-corrected chi connectivity index (χ0v) is 15.2. The van der Waals surface area contributed by atoms with Gasteiger partial charge in [0.15, 0.2) is 0 Å². The number of thioether (sulfide) groups is 4. The van der Waals surface area contributed by atoms with Crippen molar-refractivity contribution >= 4 is 47.0 Å². The molecule has 0 rings (SSSR count). The molecule has 124 valence electrons. The molecule has 4 N–H and O–H groups in total. The van der Waals surface area contributed by atoms with Crippen LogP contribution in [0, 0.1) is 0 Å². The Labute approximate surface area is 139 Å². The van der Waals surface area contributed by atoms with Gasteiger partial charge in [-0.25, -0.2) is 0 Å². The topological polar surface area (TPSA) is 80.9 Å². The molecule has 0 fully saturated rings. The number of rotatable bonds is 14. The van der Waals surface area contributed by atoms with Gasteiger partial charge in [-0.3, -0.25) is 0 Å². The Morgan fingerprint density at radius 2 is 0.550 bits per heavy atom. The highest BCUT2D eigenvalue weighted by Crippen LogP contribution is 2.05. The van der Waals surface area contributed by atoms with E-state index in [0.29, 0.717) is 0 Å². The van der Waals surface area contributed by atoms with Gasteiger partial charge in [0.1, 0.15) is 0 Å². The van der Waals surface area contributed by atoms with Crippen molar-refractivity contribution in [3.8, 4) is 0 Å². The molecule has 0 aromatic heterocycles. The highest BCUT2D eigenvalue weighted by Gasteiger charge is 1.89. The fourth-order valence-electron chi connectivity index (χ4n) is 0.902. The molecule has 0 atom stereocenters. The summed E-state index contributed by atoms with van der Waals surface area (Å²) in [7, 11) is 0. The van der Waals surface area contributed by atoms with E-state index >= 15 is 0 Å². The lowest BCUT2D eigenvalue weighted by Crippen LogP contribution is -1.93. The first-order valence-electron chi connectivity index (χ1n) is 6.57. The van der Waals surface area contributed by atoms with Crippen LogP contribution in [0.25, 0.3) is 0 Å². The Balaban J connectivity index is 0. The number of aliphatic hydroxyl groups excluding tert-OH is 4. The molecule has 0 heterocycles. The minimum atomic E-state index is 0.273. The summed E-state index contributed by atoms with van der Waals surface area (Å²) >= 11 is 7.00. The van der Waals surface area contributed by atoms with Crippen LogP contribution >= 0.6 is 47.0 Å². The molecule has 8 heteroatoms.